The molecule has 2 heteroatoms. The average molecular weight is 300 g/mol. The summed E-state index contributed by atoms with van der Waals surface area (Å²) in [6.45, 7) is 0. The number of hydrogen-bond donors (Lipinski definition) is 0. The van der Waals surface area contributed by atoms with E-state index in [1.165, 1.54) is 11.1 Å². The first-order chi connectivity index (χ1) is 11.4. The maximum absolute atomic E-state index is 5.78. The fourth-order valence-electron chi connectivity index (χ4n) is 2.73. The van der Waals surface area contributed by atoms with Gasteiger partial charge in [0.05, 0.1) is 12.5 Å². The highest BCUT2D eigenvalue weighted by molar-refractivity contribution is 5.80. The second kappa shape index (κ2) is 6.01. The minimum Gasteiger partial charge on any atom is -0.471 e. The van der Waals surface area contributed by atoms with Gasteiger partial charge in [-0.05, 0) is 23.3 Å². The van der Waals surface area contributed by atoms with Crippen molar-refractivity contribution >= 4 is 10.8 Å². The monoisotopic (exact) mass is 300 g/mol. The minimum atomic E-state index is 0.979. The number of fused-ring (bicyclic) bond motifs is 3. The molecule has 5 rings (SSSR count). The van der Waals surface area contributed by atoms with Crippen molar-refractivity contribution in [3.8, 4) is 11.5 Å². The molecule has 2 heterocycles. The van der Waals surface area contributed by atoms with E-state index in [9.17, 15) is 0 Å². The van der Waals surface area contributed by atoms with Crippen molar-refractivity contribution in [1.82, 2.24) is 0 Å². The molecule has 23 heavy (non-hydrogen) atoms. The summed E-state index contributed by atoms with van der Waals surface area (Å²) >= 11 is 0. The number of rotatable bonds is 0. The first-order valence-electron chi connectivity index (χ1n) is 7.65. The Labute approximate surface area is 135 Å². The Bertz CT molecular complexity index is 819. The number of benzene rings is 3. The lowest BCUT2D eigenvalue weighted by Crippen LogP contribution is -2.01. The van der Waals surface area contributed by atoms with E-state index >= 15 is 0 Å². The Balaban J connectivity index is 0.000000130. The summed E-state index contributed by atoms with van der Waals surface area (Å²) in [4.78, 5) is 0. The fraction of sp³-hybridized carbons (Fsp3) is 0.0476. The second-order valence-corrected chi connectivity index (χ2v) is 5.49. The molecule has 0 unspecified atom stereocenters. The zero-order valence-electron chi connectivity index (χ0n) is 12.6. The van der Waals surface area contributed by atoms with Crippen LogP contribution in [0, 0.1) is 0 Å². The second-order valence-electron chi connectivity index (χ2n) is 5.49. The third-order valence-electron chi connectivity index (χ3n) is 3.93. The molecular weight excluding hydrogens is 284 g/mol. The normalized spacial score (nSPS) is 11.7. The van der Waals surface area contributed by atoms with Gasteiger partial charge in [-0.3, -0.25) is 0 Å². The van der Waals surface area contributed by atoms with Gasteiger partial charge >= 0.3 is 0 Å². The van der Waals surface area contributed by atoms with Crippen LogP contribution in [-0.4, -0.2) is 0 Å². The van der Waals surface area contributed by atoms with Crippen molar-refractivity contribution in [2.45, 2.75) is 6.42 Å². The molecule has 0 atom stereocenters. The van der Waals surface area contributed by atoms with E-state index in [0.717, 1.165) is 28.7 Å². The number of para-hydroxylation sites is 2. The van der Waals surface area contributed by atoms with Crippen LogP contribution in [0.2, 0.25) is 0 Å². The van der Waals surface area contributed by atoms with Gasteiger partial charge in [-0.15, -0.1) is 0 Å². The molecule has 0 radical (unpaired) electrons. The first-order valence-corrected chi connectivity index (χ1v) is 7.65. The lowest BCUT2D eigenvalue weighted by molar-refractivity contribution is 0.460. The van der Waals surface area contributed by atoms with Crippen LogP contribution in [0.3, 0.4) is 0 Å². The highest BCUT2D eigenvalue weighted by Crippen LogP contribution is 2.35. The van der Waals surface area contributed by atoms with Crippen molar-refractivity contribution in [3.05, 3.63) is 96.4 Å². The van der Waals surface area contributed by atoms with Crippen molar-refractivity contribution in [1.29, 1.82) is 0 Å². The van der Waals surface area contributed by atoms with Crippen LogP contribution in [0.5, 0.6) is 11.5 Å². The maximum Gasteiger partial charge on any atom is 0.130 e. The highest BCUT2D eigenvalue weighted by Gasteiger charge is 2.14. The summed E-state index contributed by atoms with van der Waals surface area (Å²) in [5, 5.41) is 2.33. The Kier molecular flexibility index (Phi) is 3.57. The SMILES string of the molecule is c1ccc2c(c1)Cc1ccccc1O2.c1ccc2cocc2c1. The zero-order chi connectivity index (χ0) is 15.5. The molecule has 4 aromatic rings. The Morgan fingerprint density at radius 3 is 1.61 bits per heavy atom. The first kappa shape index (κ1) is 13.6. The molecule has 1 aliphatic heterocycles. The maximum atomic E-state index is 5.78. The third kappa shape index (κ3) is 2.84. The van der Waals surface area contributed by atoms with E-state index in [2.05, 4.69) is 24.3 Å². The van der Waals surface area contributed by atoms with Gasteiger partial charge in [-0.2, -0.15) is 0 Å². The van der Waals surface area contributed by atoms with Gasteiger partial charge < -0.3 is 9.15 Å². The van der Waals surface area contributed by atoms with Crippen LogP contribution < -0.4 is 4.74 Å². The van der Waals surface area contributed by atoms with Crippen molar-refractivity contribution in [2.24, 2.45) is 0 Å². The van der Waals surface area contributed by atoms with E-state index in [4.69, 9.17) is 9.15 Å². The van der Waals surface area contributed by atoms with Gasteiger partial charge in [0.1, 0.15) is 11.5 Å². The van der Waals surface area contributed by atoms with Gasteiger partial charge in [0.15, 0.2) is 0 Å². The zero-order valence-corrected chi connectivity index (χ0v) is 12.6. The lowest BCUT2D eigenvalue weighted by Gasteiger charge is -2.19. The Morgan fingerprint density at radius 2 is 1.04 bits per heavy atom. The largest absolute Gasteiger partial charge is 0.471 e. The van der Waals surface area contributed by atoms with E-state index in [1.54, 1.807) is 12.5 Å². The number of ether oxygens (including phenoxy) is 1. The molecule has 1 aliphatic rings. The summed E-state index contributed by atoms with van der Waals surface area (Å²) in [7, 11) is 0. The van der Waals surface area contributed by atoms with E-state index in [-0.39, 0.29) is 0 Å². The molecule has 0 spiro atoms. The lowest BCUT2D eigenvalue weighted by atomic mass is 10.0. The molecule has 1 aromatic heterocycles. The molecule has 0 aliphatic carbocycles. The molecule has 2 nitrogen and oxygen atoms in total. The van der Waals surface area contributed by atoms with Crippen molar-refractivity contribution < 1.29 is 9.15 Å². The molecule has 3 aromatic carbocycles. The number of furan rings is 1. The molecule has 0 fully saturated rings. The van der Waals surface area contributed by atoms with E-state index in [1.807, 2.05) is 48.5 Å². The summed E-state index contributed by atoms with van der Waals surface area (Å²) in [6, 6.07) is 24.4. The van der Waals surface area contributed by atoms with Crippen molar-refractivity contribution in [2.75, 3.05) is 0 Å². The van der Waals surface area contributed by atoms with Gasteiger partial charge in [-0.25, -0.2) is 0 Å². The molecule has 0 saturated carbocycles. The summed E-state index contributed by atoms with van der Waals surface area (Å²) in [6.07, 6.45) is 4.47. The van der Waals surface area contributed by atoms with Gasteiger partial charge in [0.25, 0.3) is 0 Å². The Morgan fingerprint density at radius 1 is 0.565 bits per heavy atom. The predicted octanol–water partition coefficient (Wildman–Crippen LogP) is 5.82. The average Bonchev–Trinajstić information content (AvgIpc) is 3.09. The molecular formula is C21H16O2. The van der Waals surface area contributed by atoms with E-state index < -0.39 is 0 Å². The summed E-state index contributed by atoms with van der Waals surface area (Å²) in [5.41, 5.74) is 2.54. The summed E-state index contributed by atoms with van der Waals surface area (Å²) in [5.74, 6) is 1.98. The van der Waals surface area contributed by atoms with Crippen LogP contribution >= 0.6 is 0 Å². The molecule has 0 N–H and O–H groups in total. The standard InChI is InChI=1S/C13H10O.C8H6O/c1-3-7-12-10(5-1)9-11-6-2-4-8-13(11)14-12;1-2-4-8-6-9-5-7(8)3-1/h1-8H,9H2;1-6H. The van der Waals surface area contributed by atoms with Crippen LogP contribution in [0.25, 0.3) is 10.8 Å². The van der Waals surface area contributed by atoms with Crippen LogP contribution in [0.1, 0.15) is 11.1 Å². The summed E-state index contributed by atoms with van der Waals surface area (Å²) < 4.78 is 10.7. The van der Waals surface area contributed by atoms with E-state index in [0.29, 0.717) is 0 Å². The van der Waals surface area contributed by atoms with Gasteiger partial charge in [0.2, 0.25) is 0 Å². The molecule has 0 amide bonds. The molecule has 0 bridgehead atoms. The Hall–Kier alpha value is -3.00. The number of hydrogen-bond acceptors (Lipinski definition) is 2. The smallest absolute Gasteiger partial charge is 0.130 e. The predicted molar refractivity (Wildman–Crippen MR) is 92.0 cm³/mol. The third-order valence-corrected chi connectivity index (χ3v) is 3.93. The van der Waals surface area contributed by atoms with Crippen LogP contribution in [0.4, 0.5) is 0 Å². The van der Waals surface area contributed by atoms with Crippen LogP contribution in [0.15, 0.2) is 89.7 Å². The van der Waals surface area contributed by atoms with Crippen molar-refractivity contribution in [3.63, 3.8) is 0 Å². The van der Waals surface area contributed by atoms with Gasteiger partial charge in [-0.1, -0.05) is 60.7 Å². The van der Waals surface area contributed by atoms with Crippen LogP contribution in [-0.2, 0) is 6.42 Å². The molecule has 0 saturated heterocycles. The quantitative estimate of drug-likeness (QED) is 0.360. The minimum absolute atomic E-state index is 0.979. The van der Waals surface area contributed by atoms with Gasteiger partial charge in [0, 0.05) is 17.2 Å². The highest BCUT2D eigenvalue weighted by atomic mass is 16.5. The fourth-order valence-corrected chi connectivity index (χ4v) is 2.73. The molecule has 112 valence electrons. The topological polar surface area (TPSA) is 22.4 Å².